The van der Waals surface area contributed by atoms with Crippen molar-refractivity contribution in [1.82, 2.24) is 9.97 Å². The molecule has 0 bridgehead atoms. The molecule has 8 heteroatoms. The summed E-state index contributed by atoms with van der Waals surface area (Å²) in [6.07, 6.45) is 0. The van der Waals surface area contributed by atoms with Crippen LogP contribution in [0.15, 0.2) is 60.7 Å². The summed E-state index contributed by atoms with van der Waals surface area (Å²) >= 11 is 6.68. The summed E-state index contributed by atoms with van der Waals surface area (Å²) in [5.41, 5.74) is 15.8. The van der Waals surface area contributed by atoms with Crippen molar-refractivity contribution in [3.8, 4) is 6.07 Å². The zero-order valence-corrected chi connectivity index (χ0v) is 17.3. The number of rotatable bonds is 6. The van der Waals surface area contributed by atoms with Gasteiger partial charge in [-0.1, -0.05) is 72.3 Å². The van der Waals surface area contributed by atoms with E-state index in [1.165, 1.54) is 0 Å². The van der Waals surface area contributed by atoms with E-state index in [9.17, 15) is 5.26 Å². The van der Waals surface area contributed by atoms with Crippen molar-refractivity contribution in [2.75, 3.05) is 22.1 Å². The number of halogens is 1. The minimum Gasteiger partial charge on any atom is -0.383 e. The topological polar surface area (TPSA) is 126 Å². The lowest BCUT2D eigenvalue weighted by molar-refractivity contribution is 1.13. The van der Waals surface area contributed by atoms with Crippen LogP contribution in [0.1, 0.15) is 16.7 Å². The first kappa shape index (κ1) is 20.3. The number of nitrogens with zero attached hydrogens (tertiary/aromatic N) is 3. The van der Waals surface area contributed by atoms with Crippen molar-refractivity contribution in [1.29, 1.82) is 5.26 Å². The maximum Gasteiger partial charge on any atom is 0.222 e. The molecule has 1 aromatic heterocycles. The Balaban J connectivity index is 1.84. The van der Waals surface area contributed by atoms with Crippen molar-refractivity contribution in [3.05, 3.63) is 82.4 Å². The Bertz CT molecular complexity index is 1270. The van der Waals surface area contributed by atoms with Gasteiger partial charge < -0.3 is 22.1 Å². The van der Waals surface area contributed by atoms with Gasteiger partial charge in [0.25, 0.3) is 0 Å². The Morgan fingerprint density at radius 1 is 0.839 bits per heavy atom. The quantitative estimate of drug-likeness (QED) is 0.354. The fraction of sp³-hybridized carbons (Fsp3) is 0.0870. The Morgan fingerprint density at radius 2 is 1.39 bits per heavy atom. The molecule has 0 aliphatic rings. The standard InChI is InChI=1S/C23H20ClN7/c24-18-20(29-13-15-9-5-2-6-10-15)16(11-25)19(28-12-14-7-3-1-4-8-14)17-21(18)30-23(27)31-22(17)26/h1-10,28-29H,12-13H2,(H4,26,27,30,31). The fourth-order valence-corrected chi connectivity index (χ4v) is 3.70. The van der Waals surface area contributed by atoms with Gasteiger partial charge in [0.05, 0.1) is 21.8 Å². The molecule has 4 aromatic rings. The first-order chi connectivity index (χ1) is 15.1. The summed E-state index contributed by atoms with van der Waals surface area (Å²) in [6.45, 7) is 0.961. The second-order valence-corrected chi connectivity index (χ2v) is 7.30. The molecule has 7 nitrogen and oxygen atoms in total. The van der Waals surface area contributed by atoms with Crippen LogP contribution in [0, 0.1) is 11.3 Å². The molecule has 0 atom stereocenters. The highest BCUT2D eigenvalue weighted by Crippen LogP contribution is 2.42. The van der Waals surface area contributed by atoms with E-state index < -0.39 is 0 Å². The van der Waals surface area contributed by atoms with Crippen molar-refractivity contribution < 1.29 is 0 Å². The van der Waals surface area contributed by atoms with E-state index in [-0.39, 0.29) is 16.8 Å². The first-order valence-electron chi connectivity index (χ1n) is 9.62. The molecule has 6 N–H and O–H groups in total. The zero-order valence-electron chi connectivity index (χ0n) is 16.6. The SMILES string of the molecule is N#Cc1c(NCc2ccccc2)c(Cl)c2nc(N)nc(N)c2c1NCc1ccccc1. The maximum absolute atomic E-state index is 10.0. The number of nitriles is 1. The third-order valence-corrected chi connectivity index (χ3v) is 5.24. The van der Waals surface area contributed by atoms with Crippen LogP contribution in [0.3, 0.4) is 0 Å². The van der Waals surface area contributed by atoms with Crippen LogP contribution in [0.4, 0.5) is 23.1 Å². The van der Waals surface area contributed by atoms with Crippen LogP contribution in [-0.4, -0.2) is 9.97 Å². The highest BCUT2D eigenvalue weighted by Gasteiger charge is 2.22. The minimum absolute atomic E-state index is 0.0135. The van der Waals surface area contributed by atoms with Crippen molar-refractivity contribution in [2.45, 2.75) is 13.1 Å². The third kappa shape index (κ3) is 4.15. The van der Waals surface area contributed by atoms with E-state index >= 15 is 0 Å². The van der Waals surface area contributed by atoms with E-state index in [0.29, 0.717) is 40.9 Å². The summed E-state index contributed by atoms with van der Waals surface area (Å²) in [5, 5.41) is 17.4. The Kier molecular flexibility index (Phi) is 5.74. The van der Waals surface area contributed by atoms with E-state index in [1.807, 2.05) is 60.7 Å². The van der Waals surface area contributed by atoms with E-state index in [2.05, 4.69) is 26.7 Å². The maximum atomic E-state index is 10.0. The average Bonchev–Trinajstić information content (AvgIpc) is 2.79. The predicted molar refractivity (Wildman–Crippen MR) is 126 cm³/mol. The van der Waals surface area contributed by atoms with Crippen molar-refractivity contribution in [3.63, 3.8) is 0 Å². The van der Waals surface area contributed by atoms with Gasteiger partial charge in [-0.25, -0.2) is 4.98 Å². The van der Waals surface area contributed by atoms with Gasteiger partial charge in [0.1, 0.15) is 23.0 Å². The molecule has 1 heterocycles. The highest BCUT2D eigenvalue weighted by atomic mass is 35.5. The molecule has 0 saturated carbocycles. The van der Waals surface area contributed by atoms with Crippen LogP contribution in [0.5, 0.6) is 0 Å². The van der Waals surface area contributed by atoms with Crippen LogP contribution < -0.4 is 22.1 Å². The third-order valence-electron chi connectivity index (χ3n) is 4.87. The van der Waals surface area contributed by atoms with Gasteiger partial charge in [-0.05, 0) is 11.1 Å². The molecule has 0 amide bonds. The lowest BCUT2D eigenvalue weighted by Gasteiger charge is -2.19. The summed E-state index contributed by atoms with van der Waals surface area (Å²) in [6, 6.07) is 21.9. The molecule has 31 heavy (non-hydrogen) atoms. The van der Waals surface area contributed by atoms with Crippen LogP contribution >= 0.6 is 11.6 Å². The molecule has 0 spiro atoms. The van der Waals surface area contributed by atoms with Crippen molar-refractivity contribution >= 4 is 45.6 Å². The van der Waals surface area contributed by atoms with E-state index in [4.69, 9.17) is 23.1 Å². The Morgan fingerprint density at radius 3 is 1.94 bits per heavy atom. The summed E-state index contributed by atoms with van der Waals surface area (Å²) < 4.78 is 0. The lowest BCUT2D eigenvalue weighted by Crippen LogP contribution is -2.10. The lowest BCUT2D eigenvalue weighted by atomic mass is 10.0. The molecular formula is C23H20ClN7. The fourth-order valence-electron chi connectivity index (χ4n) is 3.41. The molecule has 0 aliphatic carbocycles. The first-order valence-corrected chi connectivity index (χ1v) is 10.00. The highest BCUT2D eigenvalue weighted by molar-refractivity contribution is 6.39. The minimum atomic E-state index is 0.0135. The number of nitrogen functional groups attached to an aromatic ring is 2. The van der Waals surface area contributed by atoms with E-state index in [1.54, 1.807) is 0 Å². The Hall–Kier alpha value is -4.02. The molecule has 4 rings (SSSR count). The zero-order chi connectivity index (χ0) is 21.8. The Labute approximate surface area is 184 Å². The second-order valence-electron chi connectivity index (χ2n) is 6.92. The average molecular weight is 430 g/mol. The number of hydrogen-bond acceptors (Lipinski definition) is 7. The van der Waals surface area contributed by atoms with E-state index in [0.717, 1.165) is 11.1 Å². The molecule has 0 aliphatic heterocycles. The van der Waals surface area contributed by atoms with Crippen molar-refractivity contribution in [2.24, 2.45) is 0 Å². The normalized spacial score (nSPS) is 10.6. The predicted octanol–water partition coefficient (Wildman–Crippen LogP) is 4.54. The summed E-state index contributed by atoms with van der Waals surface area (Å²) in [5.74, 6) is 0.172. The van der Waals surface area contributed by atoms with Crippen LogP contribution in [0.2, 0.25) is 5.02 Å². The molecule has 0 saturated heterocycles. The number of anilines is 4. The van der Waals surface area contributed by atoms with Gasteiger partial charge in [0.2, 0.25) is 5.95 Å². The molecule has 154 valence electrons. The largest absolute Gasteiger partial charge is 0.383 e. The van der Waals surface area contributed by atoms with Gasteiger partial charge in [0.15, 0.2) is 0 Å². The smallest absolute Gasteiger partial charge is 0.222 e. The number of aromatic nitrogens is 2. The van der Waals surface area contributed by atoms with Gasteiger partial charge in [-0.15, -0.1) is 0 Å². The summed E-state index contributed by atoms with van der Waals surface area (Å²) in [7, 11) is 0. The molecule has 0 radical (unpaired) electrons. The molecular weight excluding hydrogens is 410 g/mol. The molecule has 0 unspecified atom stereocenters. The molecule has 0 fully saturated rings. The van der Waals surface area contributed by atoms with Gasteiger partial charge in [-0.3, -0.25) is 0 Å². The van der Waals surface area contributed by atoms with Crippen LogP contribution in [0.25, 0.3) is 10.9 Å². The number of nitrogens with one attached hydrogen (secondary N) is 2. The number of benzene rings is 3. The van der Waals surface area contributed by atoms with Gasteiger partial charge in [-0.2, -0.15) is 10.2 Å². The van der Waals surface area contributed by atoms with Gasteiger partial charge in [0, 0.05) is 13.1 Å². The van der Waals surface area contributed by atoms with Crippen LogP contribution in [-0.2, 0) is 13.1 Å². The summed E-state index contributed by atoms with van der Waals surface area (Å²) in [4.78, 5) is 8.38. The number of nitrogens with two attached hydrogens (primary N) is 2. The number of fused-ring (bicyclic) bond motifs is 1. The second kappa shape index (κ2) is 8.78. The number of hydrogen-bond donors (Lipinski definition) is 4. The molecule has 3 aromatic carbocycles. The van der Waals surface area contributed by atoms with Gasteiger partial charge >= 0.3 is 0 Å². The monoisotopic (exact) mass is 429 g/mol.